The molecule has 2 aromatic rings. The van der Waals surface area contributed by atoms with Crippen LogP contribution in [0.15, 0.2) is 22.7 Å². The Bertz CT molecular complexity index is 730. The van der Waals surface area contributed by atoms with Crippen molar-refractivity contribution >= 4 is 18.3 Å². The Morgan fingerprint density at radius 3 is 2.71 bits per heavy atom. The van der Waals surface area contributed by atoms with Gasteiger partial charge in [0.15, 0.2) is 23.9 Å². The summed E-state index contributed by atoms with van der Waals surface area (Å²) in [7, 11) is 1.50. The predicted molar refractivity (Wildman–Crippen MR) is 87.9 cm³/mol. The number of rotatable bonds is 6. The number of primary amides is 1. The maximum absolute atomic E-state index is 10.8. The number of ether oxygens (including phenoxy) is 2. The third-order valence-corrected chi connectivity index (χ3v) is 3.90. The number of nitrogens with zero attached hydrogens (tertiary/aromatic N) is 2. The molecule has 0 spiro atoms. The minimum Gasteiger partial charge on any atom is -0.493 e. The van der Waals surface area contributed by atoms with Crippen LogP contribution in [-0.4, -0.2) is 29.8 Å². The highest BCUT2D eigenvalue weighted by Gasteiger charge is 2.39. The van der Waals surface area contributed by atoms with Crippen molar-refractivity contribution in [1.29, 1.82) is 0 Å². The zero-order valence-corrected chi connectivity index (χ0v) is 14.0. The van der Waals surface area contributed by atoms with E-state index in [-0.39, 0.29) is 19.0 Å². The molecule has 1 aliphatic rings. The van der Waals surface area contributed by atoms with Crippen LogP contribution in [0.1, 0.15) is 25.1 Å². The normalized spacial score (nSPS) is 15.1. The van der Waals surface area contributed by atoms with Gasteiger partial charge in [-0.1, -0.05) is 5.16 Å². The number of benzene rings is 1. The molecule has 8 nitrogen and oxygen atoms in total. The Hall–Kier alpha value is -2.32. The van der Waals surface area contributed by atoms with Crippen LogP contribution in [0.4, 0.5) is 0 Å². The molecule has 4 N–H and O–H groups in total. The SMILES string of the molecule is COc1cc(-c2nc(C3(N)CCC3)no2)ccc1OCC(N)=O.Cl. The molecule has 130 valence electrons. The second kappa shape index (κ2) is 7.06. The largest absolute Gasteiger partial charge is 0.493 e. The van der Waals surface area contributed by atoms with Crippen LogP contribution in [0, 0.1) is 0 Å². The Morgan fingerprint density at radius 1 is 1.38 bits per heavy atom. The van der Waals surface area contributed by atoms with Gasteiger partial charge in [-0.2, -0.15) is 4.98 Å². The van der Waals surface area contributed by atoms with Gasteiger partial charge in [-0.05, 0) is 37.5 Å². The lowest BCUT2D eigenvalue weighted by Gasteiger charge is -2.34. The molecular weight excluding hydrogens is 336 g/mol. The topological polar surface area (TPSA) is 126 Å². The Labute approximate surface area is 144 Å². The van der Waals surface area contributed by atoms with Crippen molar-refractivity contribution in [3.05, 3.63) is 24.0 Å². The van der Waals surface area contributed by atoms with Crippen molar-refractivity contribution in [2.75, 3.05) is 13.7 Å². The lowest BCUT2D eigenvalue weighted by atomic mass is 9.77. The number of aromatic nitrogens is 2. The highest BCUT2D eigenvalue weighted by Crippen LogP contribution is 2.38. The Kier molecular flexibility index (Phi) is 5.30. The molecule has 0 aliphatic heterocycles. The van der Waals surface area contributed by atoms with Gasteiger partial charge in [0.2, 0.25) is 0 Å². The fourth-order valence-corrected chi connectivity index (χ4v) is 2.39. The van der Waals surface area contributed by atoms with Crippen LogP contribution in [0.5, 0.6) is 11.5 Å². The Morgan fingerprint density at radius 2 is 2.12 bits per heavy atom. The molecule has 1 saturated carbocycles. The van der Waals surface area contributed by atoms with E-state index in [9.17, 15) is 4.79 Å². The van der Waals surface area contributed by atoms with Crippen LogP contribution in [0.25, 0.3) is 11.5 Å². The molecular formula is C15H19ClN4O4. The Balaban J connectivity index is 0.00000208. The predicted octanol–water partition coefficient (Wildman–Crippen LogP) is 1.37. The molecule has 1 fully saturated rings. The van der Waals surface area contributed by atoms with Crippen LogP contribution >= 0.6 is 12.4 Å². The molecule has 3 rings (SSSR count). The summed E-state index contributed by atoms with van der Waals surface area (Å²) in [5.41, 5.74) is 11.5. The summed E-state index contributed by atoms with van der Waals surface area (Å²) in [6.07, 6.45) is 2.78. The summed E-state index contributed by atoms with van der Waals surface area (Å²) < 4.78 is 15.8. The zero-order chi connectivity index (χ0) is 16.4. The van der Waals surface area contributed by atoms with E-state index in [4.69, 9.17) is 25.5 Å². The monoisotopic (exact) mass is 354 g/mol. The van der Waals surface area contributed by atoms with E-state index in [1.165, 1.54) is 7.11 Å². The number of nitrogens with two attached hydrogens (primary N) is 2. The molecule has 1 heterocycles. The average Bonchev–Trinajstić information content (AvgIpc) is 3.00. The zero-order valence-electron chi connectivity index (χ0n) is 13.2. The number of halogens is 1. The summed E-state index contributed by atoms with van der Waals surface area (Å²) in [6.45, 7) is -0.226. The summed E-state index contributed by atoms with van der Waals surface area (Å²) in [4.78, 5) is 15.2. The van der Waals surface area contributed by atoms with Gasteiger partial charge >= 0.3 is 0 Å². The summed E-state index contributed by atoms with van der Waals surface area (Å²) in [6, 6.07) is 5.08. The molecule has 1 amide bonds. The maximum Gasteiger partial charge on any atom is 0.258 e. The lowest BCUT2D eigenvalue weighted by Crippen LogP contribution is -2.44. The molecule has 0 bridgehead atoms. The molecule has 0 radical (unpaired) electrons. The van der Waals surface area contributed by atoms with E-state index >= 15 is 0 Å². The smallest absolute Gasteiger partial charge is 0.258 e. The molecule has 24 heavy (non-hydrogen) atoms. The summed E-state index contributed by atoms with van der Waals surface area (Å²) in [5.74, 6) is 1.16. The molecule has 0 saturated heterocycles. The van der Waals surface area contributed by atoms with Gasteiger partial charge in [0.1, 0.15) is 0 Å². The van der Waals surface area contributed by atoms with Gasteiger partial charge in [0, 0.05) is 5.56 Å². The average molecular weight is 355 g/mol. The van der Waals surface area contributed by atoms with E-state index < -0.39 is 11.4 Å². The van der Waals surface area contributed by atoms with E-state index in [0.29, 0.717) is 28.8 Å². The first-order valence-corrected chi connectivity index (χ1v) is 7.24. The van der Waals surface area contributed by atoms with E-state index in [0.717, 1.165) is 19.3 Å². The molecule has 9 heteroatoms. The lowest BCUT2D eigenvalue weighted by molar-refractivity contribution is -0.119. The number of methoxy groups -OCH3 is 1. The van der Waals surface area contributed by atoms with Gasteiger partial charge in [0.05, 0.1) is 12.6 Å². The summed E-state index contributed by atoms with van der Waals surface area (Å²) >= 11 is 0. The van der Waals surface area contributed by atoms with Crippen molar-refractivity contribution in [2.24, 2.45) is 11.5 Å². The second-order valence-electron chi connectivity index (χ2n) is 5.55. The second-order valence-corrected chi connectivity index (χ2v) is 5.55. The third-order valence-electron chi connectivity index (χ3n) is 3.90. The number of carbonyl (C=O) groups excluding carboxylic acids is 1. The fourth-order valence-electron chi connectivity index (χ4n) is 2.39. The van der Waals surface area contributed by atoms with Crippen molar-refractivity contribution in [3.8, 4) is 23.0 Å². The number of carbonyl (C=O) groups is 1. The van der Waals surface area contributed by atoms with Gasteiger partial charge < -0.3 is 25.5 Å². The van der Waals surface area contributed by atoms with Gasteiger partial charge in [-0.3, -0.25) is 4.79 Å². The van der Waals surface area contributed by atoms with E-state index in [1.807, 2.05) is 0 Å². The first-order chi connectivity index (χ1) is 11.0. The van der Waals surface area contributed by atoms with Crippen LogP contribution in [0.3, 0.4) is 0 Å². The molecule has 1 aromatic heterocycles. The first kappa shape index (κ1) is 18.0. The molecule has 1 aromatic carbocycles. The van der Waals surface area contributed by atoms with Crippen molar-refractivity contribution < 1.29 is 18.8 Å². The van der Waals surface area contributed by atoms with Crippen molar-refractivity contribution in [3.63, 3.8) is 0 Å². The standard InChI is InChI=1S/C15H18N4O4.ClH/c1-21-11-7-9(3-4-10(11)22-8-12(16)20)13-18-14(19-23-13)15(17)5-2-6-15;/h3-4,7H,2,5-6,8,17H2,1H3,(H2,16,20);1H. The van der Waals surface area contributed by atoms with Crippen molar-refractivity contribution in [2.45, 2.75) is 24.8 Å². The molecule has 0 atom stereocenters. The highest BCUT2D eigenvalue weighted by atomic mass is 35.5. The third kappa shape index (κ3) is 3.44. The van der Waals surface area contributed by atoms with Gasteiger partial charge in [0.25, 0.3) is 11.8 Å². The summed E-state index contributed by atoms with van der Waals surface area (Å²) in [5, 5.41) is 3.98. The highest BCUT2D eigenvalue weighted by molar-refractivity contribution is 5.85. The van der Waals surface area contributed by atoms with Gasteiger partial charge in [-0.25, -0.2) is 0 Å². The van der Waals surface area contributed by atoms with Crippen LogP contribution in [-0.2, 0) is 10.3 Å². The molecule has 0 unspecified atom stereocenters. The van der Waals surface area contributed by atoms with Crippen molar-refractivity contribution in [1.82, 2.24) is 10.1 Å². The molecule has 1 aliphatic carbocycles. The van der Waals surface area contributed by atoms with Gasteiger partial charge in [-0.15, -0.1) is 12.4 Å². The number of amides is 1. The van der Waals surface area contributed by atoms with E-state index in [1.54, 1.807) is 18.2 Å². The minimum absolute atomic E-state index is 0. The number of hydrogen-bond donors (Lipinski definition) is 2. The maximum atomic E-state index is 10.8. The minimum atomic E-state index is -0.564. The van der Waals surface area contributed by atoms with Crippen LogP contribution in [0.2, 0.25) is 0 Å². The quantitative estimate of drug-likeness (QED) is 0.801. The van der Waals surface area contributed by atoms with E-state index in [2.05, 4.69) is 10.1 Å². The first-order valence-electron chi connectivity index (χ1n) is 7.24. The van der Waals surface area contributed by atoms with Crippen LogP contribution < -0.4 is 20.9 Å². The number of hydrogen-bond acceptors (Lipinski definition) is 7. The fraction of sp³-hybridized carbons (Fsp3) is 0.400.